The van der Waals surface area contributed by atoms with Crippen molar-refractivity contribution in [3.05, 3.63) is 52.3 Å². The molecule has 3 aromatic rings. The predicted octanol–water partition coefficient (Wildman–Crippen LogP) is 4.65. The number of thiophene rings is 1. The highest BCUT2D eigenvalue weighted by atomic mass is 32.1. The number of ether oxygens (including phenoxy) is 1. The molecule has 0 radical (unpaired) electrons. The van der Waals surface area contributed by atoms with E-state index in [1.165, 1.54) is 0 Å². The molecule has 0 aliphatic heterocycles. The maximum Gasteiger partial charge on any atom is 0.240 e. The molecule has 2 heterocycles. The molecule has 3 nitrogen and oxygen atoms in total. The second-order valence-corrected chi connectivity index (χ2v) is 5.74. The normalized spacial score (nSPS) is 11.6. The third-order valence-electron chi connectivity index (χ3n) is 2.89. The van der Waals surface area contributed by atoms with Gasteiger partial charge in [-0.1, -0.05) is 18.2 Å². The lowest BCUT2D eigenvalue weighted by Gasteiger charge is -2.11. The van der Waals surface area contributed by atoms with Crippen LogP contribution in [0.25, 0.3) is 23.2 Å². The molecule has 1 aromatic carbocycles. The van der Waals surface area contributed by atoms with Crippen molar-refractivity contribution in [1.82, 2.24) is 9.97 Å². The number of para-hydroxylation sites is 2. The SMILES string of the molecule is CC(C)Oc1nc2ccccc2nc1/C=C/c1ccsc1. The lowest BCUT2D eigenvalue weighted by Crippen LogP contribution is -2.09. The zero-order valence-corrected chi connectivity index (χ0v) is 12.8. The van der Waals surface area contributed by atoms with Crippen LogP contribution in [0.4, 0.5) is 0 Å². The van der Waals surface area contributed by atoms with Gasteiger partial charge in [0.25, 0.3) is 0 Å². The van der Waals surface area contributed by atoms with Gasteiger partial charge in [-0.05, 0) is 54.4 Å². The minimum Gasteiger partial charge on any atom is -0.473 e. The average molecular weight is 296 g/mol. The summed E-state index contributed by atoms with van der Waals surface area (Å²) in [6, 6.07) is 9.90. The van der Waals surface area contributed by atoms with Crippen molar-refractivity contribution < 1.29 is 4.74 Å². The molecule has 106 valence electrons. The molecule has 0 amide bonds. The Morgan fingerprint density at radius 2 is 1.81 bits per heavy atom. The molecule has 0 aliphatic rings. The van der Waals surface area contributed by atoms with Crippen LogP contribution in [0.5, 0.6) is 5.88 Å². The fourth-order valence-corrected chi connectivity index (χ4v) is 2.59. The highest BCUT2D eigenvalue weighted by Crippen LogP contribution is 2.22. The van der Waals surface area contributed by atoms with E-state index in [1.54, 1.807) is 11.3 Å². The number of nitrogens with zero attached hydrogens (tertiary/aromatic N) is 2. The van der Waals surface area contributed by atoms with E-state index in [1.807, 2.05) is 50.3 Å². The van der Waals surface area contributed by atoms with Crippen molar-refractivity contribution in [3.63, 3.8) is 0 Å². The monoisotopic (exact) mass is 296 g/mol. The number of rotatable bonds is 4. The molecule has 0 unspecified atom stereocenters. The molecule has 3 rings (SSSR count). The first kappa shape index (κ1) is 13.8. The first-order valence-corrected chi connectivity index (χ1v) is 7.80. The molecule has 0 atom stereocenters. The number of aromatic nitrogens is 2. The van der Waals surface area contributed by atoms with Gasteiger partial charge in [-0.3, -0.25) is 0 Å². The van der Waals surface area contributed by atoms with Gasteiger partial charge >= 0.3 is 0 Å². The Morgan fingerprint density at radius 3 is 2.48 bits per heavy atom. The molecule has 0 bridgehead atoms. The molecule has 0 N–H and O–H groups in total. The van der Waals surface area contributed by atoms with E-state index in [4.69, 9.17) is 4.74 Å². The van der Waals surface area contributed by atoms with Gasteiger partial charge in [-0.15, -0.1) is 0 Å². The van der Waals surface area contributed by atoms with Crippen LogP contribution in [0.2, 0.25) is 0 Å². The summed E-state index contributed by atoms with van der Waals surface area (Å²) >= 11 is 1.67. The molecule has 2 aromatic heterocycles. The van der Waals surface area contributed by atoms with Crippen LogP contribution < -0.4 is 4.74 Å². The Kier molecular flexibility index (Phi) is 3.97. The van der Waals surface area contributed by atoms with Crippen LogP contribution >= 0.6 is 11.3 Å². The lowest BCUT2D eigenvalue weighted by molar-refractivity contribution is 0.232. The molecule has 0 saturated carbocycles. The zero-order chi connectivity index (χ0) is 14.7. The van der Waals surface area contributed by atoms with E-state index in [2.05, 4.69) is 26.8 Å². The molecular weight excluding hydrogens is 280 g/mol. The van der Waals surface area contributed by atoms with Crippen LogP contribution in [0, 0.1) is 0 Å². The summed E-state index contributed by atoms with van der Waals surface area (Å²) in [5, 5.41) is 4.14. The summed E-state index contributed by atoms with van der Waals surface area (Å²) < 4.78 is 5.80. The topological polar surface area (TPSA) is 35.0 Å². The van der Waals surface area contributed by atoms with Gasteiger partial charge in [-0.2, -0.15) is 11.3 Å². The summed E-state index contributed by atoms with van der Waals surface area (Å²) in [5.74, 6) is 0.579. The number of benzene rings is 1. The van der Waals surface area contributed by atoms with Gasteiger partial charge in [-0.25, -0.2) is 9.97 Å². The number of fused-ring (bicyclic) bond motifs is 1. The van der Waals surface area contributed by atoms with Gasteiger partial charge in [0.1, 0.15) is 5.69 Å². The molecule has 0 saturated heterocycles. The number of hydrogen-bond acceptors (Lipinski definition) is 4. The van der Waals surface area contributed by atoms with Crippen LogP contribution in [-0.2, 0) is 0 Å². The first-order valence-electron chi connectivity index (χ1n) is 6.86. The van der Waals surface area contributed by atoms with E-state index in [-0.39, 0.29) is 6.10 Å². The average Bonchev–Trinajstić information content (AvgIpc) is 2.97. The first-order chi connectivity index (χ1) is 10.2. The van der Waals surface area contributed by atoms with Gasteiger partial charge in [0.05, 0.1) is 17.1 Å². The zero-order valence-electron chi connectivity index (χ0n) is 12.0. The van der Waals surface area contributed by atoms with Crippen molar-refractivity contribution in [2.45, 2.75) is 20.0 Å². The van der Waals surface area contributed by atoms with Gasteiger partial charge < -0.3 is 4.74 Å². The van der Waals surface area contributed by atoms with E-state index in [0.717, 1.165) is 22.3 Å². The van der Waals surface area contributed by atoms with Crippen molar-refractivity contribution in [3.8, 4) is 5.88 Å². The van der Waals surface area contributed by atoms with Crippen LogP contribution in [0.1, 0.15) is 25.1 Å². The Bertz CT molecular complexity index is 764. The van der Waals surface area contributed by atoms with Crippen molar-refractivity contribution in [2.75, 3.05) is 0 Å². The van der Waals surface area contributed by atoms with Crippen LogP contribution in [-0.4, -0.2) is 16.1 Å². The van der Waals surface area contributed by atoms with E-state index in [9.17, 15) is 0 Å². The Morgan fingerprint density at radius 1 is 1.05 bits per heavy atom. The molecular formula is C17H16N2OS. The van der Waals surface area contributed by atoms with E-state index < -0.39 is 0 Å². The molecule has 0 fully saturated rings. The van der Waals surface area contributed by atoms with Crippen molar-refractivity contribution in [2.24, 2.45) is 0 Å². The summed E-state index contributed by atoms with van der Waals surface area (Å²) in [4.78, 5) is 9.24. The fourth-order valence-electron chi connectivity index (χ4n) is 1.96. The quantitative estimate of drug-likeness (QED) is 0.703. The summed E-state index contributed by atoms with van der Waals surface area (Å²) in [7, 11) is 0. The van der Waals surface area contributed by atoms with Crippen molar-refractivity contribution in [1.29, 1.82) is 0 Å². The molecule has 0 spiro atoms. The minimum absolute atomic E-state index is 0.0637. The number of hydrogen-bond donors (Lipinski definition) is 0. The van der Waals surface area contributed by atoms with E-state index in [0.29, 0.717) is 5.88 Å². The predicted molar refractivity (Wildman–Crippen MR) is 88.5 cm³/mol. The Balaban J connectivity index is 2.05. The standard InChI is InChI=1S/C17H16N2OS/c1-12(2)20-17-16(8-7-13-9-10-21-11-13)18-14-5-3-4-6-15(14)19-17/h3-12H,1-2H3/b8-7+. The molecule has 21 heavy (non-hydrogen) atoms. The highest BCUT2D eigenvalue weighted by Gasteiger charge is 2.09. The van der Waals surface area contributed by atoms with Gasteiger partial charge in [0, 0.05) is 0 Å². The highest BCUT2D eigenvalue weighted by molar-refractivity contribution is 7.08. The molecule has 0 aliphatic carbocycles. The summed E-state index contributed by atoms with van der Waals surface area (Å²) in [5.41, 5.74) is 3.64. The third kappa shape index (κ3) is 3.28. The Hall–Kier alpha value is -2.20. The second kappa shape index (κ2) is 6.06. The lowest BCUT2D eigenvalue weighted by atomic mass is 10.2. The summed E-state index contributed by atoms with van der Waals surface area (Å²) in [6.07, 6.45) is 4.05. The van der Waals surface area contributed by atoms with E-state index >= 15 is 0 Å². The maximum atomic E-state index is 5.80. The van der Waals surface area contributed by atoms with Gasteiger partial charge in [0.15, 0.2) is 0 Å². The smallest absolute Gasteiger partial charge is 0.240 e. The fraction of sp³-hybridized carbons (Fsp3) is 0.176. The Labute approximate surface area is 127 Å². The largest absolute Gasteiger partial charge is 0.473 e. The van der Waals surface area contributed by atoms with Crippen LogP contribution in [0.3, 0.4) is 0 Å². The second-order valence-electron chi connectivity index (χ2n) is 4.96. The third-order valence-corrected chi connectivity index (χ3v) is 3.59. The van der Waals surface area contributed by atoms with Crippen LogP contribution in [0.15, 0.2) is 41.1 Å². The molecule has 4 heteroatoms. The van der Waals surface area contributed by atoms with Crippen molar-refractivity contribution >= 4 is 34.5 Å². The van der Waals surface area contributed by atoms with Gasteiger partial charge in [0.2, 0.25) is 5.88 Å². The maximum absolute atomic E-state index is 5.80. The minimum atomic E-state index is 0.0637. The summed E-state index contributed by atoms with van der Waals surface area (Å²) in [6.45, 7) is 3.98.